The van der Waals surface area contributed by atoms with E-state index in [4.69, 9.17) is 0 Å². The van der Waals surface area contributed by atoms with Crippen molar-refractivity contribution >= 4 is 0 Å². The Hall–Kier alpha value is -0.0800. The van der Waals surface area contributed by atoms with E-state index in [1.807, 2.05) is 0 Å². The van der Waals surface area contributed by atoms with Gasteiger partial charge >= 0.3 is 0 Å². The van der Waals surface area contributed by atoms with Gasteiger partial charge in [0.25, 0.3) is 0 Å². The SMILES string of the molecule is CC(C)C1CNC(C)(C)CN1C1CCC(C)C(C)C1. The minimum absolute atomic E-state index is 0.275. The first-order valence-corrected chi connectivity index (χ1v) is 8.31. The quantitative estimate of drug-likeness (QED) is 0.822. The van der Waals surface area contributed by atoms with Crippen molar-refractivity contribution in [1.29, 1.82) is 0 Å². The molecule has 0 aromatic carbocycles. The third-order valence-electron chi connectivity index (χ3n) is 5.60. The molecular weight excluding hydrogens is 232 g/mol. The Balaban J connectivity index is 2.09. The van der Waals surface area contributed by atoms with Gasteiger partial charge in [0.05, 0.1) is 0 Å². The lowest BCUT2D eigenvalue weighted by Crippen LogP contribution is -2.65. The van der Waals surface area contributed by atoms with Crippen molar-refractivity contribution in [3.63, 3.8) is 0 Å². The molecule has 4 unspecified atom stereocenters. The molecule has 0 bridgehead atoms. The van der Waals surface area contributed by atoms with Gasteiger partial charge in [0.15, 0.2) is 0 Å². The van der Waals surface area contributed by atoms with Gasteiger partial charge in [0, 0.05) is 30.7 Å². The summed E-state index contributed by atoms with van der Waals surface area (Å²) in [7, 11) is 0. The lowest BCUT2D eigenvalue weighted by Gasteiger charge is -2.51. The molecule has 1 aliphatic carbocycles. The minimum atomic E-state index is 0.275. The Morgan fingerprint density at radius 1 is 1.11 bits per heavy atom. The average molecular weight is 266 g/mol. The van der Waals surface area contributed by atoms with E-state index in [-0.39, 0.29) is 5.54 Å². The maximum Gasteiger partial charge on any atom is 0.0253 e. The molecule has 1 aliphatic heterocycles. The van der Waals surface area contributed by atoms with Crippen LogP contribution in [-0.2, 0) is 0 Å². The highest BCUT2D eigenvalue weighted by Crippen LogP contribution is 2.35. The van der Waals surface area contributed by atoms with Crippen LogP contribution in [0.5, 0.6) is 0 Å². The van der Waals surface area contributed by atoms with Crippen LogP contribution in [0.2, 0.25) is 0 Å². The van der Waals surface area contributed by atoms with Crippen molar-refractivity contribution in [3.05, 3.63) is 0 Å². The smallest absolute Gasteiger partial charge is 0.0253 e. The summed E-state index contributed by atoms with van der Waals surface area (Å²) < 4.78 is 0. The molecule has 1 heterocycles. The highest BCUT2D eigenvalue weighted by atomic mass is 15.3. The molecule has 1 saturated carbocycles. The summed E-state index contributed by atoms with van der Waals surface area (Å²) in [5.74, 6) is 2.56. The van der Waals surface area contributed by atoms with E-state index < -0.39 is 0 Å². The maximum atomic E-state index is 3.74. The topological polar surface area (TPSA) is 15.3 Å². The molecule has 4 atom stereocenters. The maximum absolute atomic E-state index is 3.74. The van der Waals surface area contributed by atoms with E-state index in [0.717, 1.165) is 36.4 Å². The predicted octanol–water partition coefficient (Wildman–Crippen LogP) is 3.52. The molecule has 0 amide bonds. The van der Waals surface area contributed by atoms with E-state index in [9.17, 15) is 0 Å². The van der Waals surface area contributed by atoms with E-state index in [1.165, 1.54) is 25.8 Å². The summed E-state index contributed by atoms with van der Waals surface area (Å²) >= 11 is 0. The van der Waals surface area contributed by atoms with Crippen molar-refractivity contribution < 1.29 is 0 Å². The summed E-state index contributed by atoms with van der Waals surface area (Å²) in [6.07, 6.45) is 4.23. The van der Waals surface area contributed by atoms with Crippen molar-refractivity contribution in [1.82, 2.24) is 10.2 Å². The second-order valence-corrected chi connectivity index (χ2v) is 8.17. The monoisotopic (exact) mass is 266 g/mol. The number of piperazine rings is 1. The molecule has 2 fully saturated rings. The molecule has 0 aromatic heterocycles. The Morgan fingerprint density at radius 2 is 1.79 bits per heavy atom. The Bertz CT molecular complexity index is 298. The van der Waals surface area contributed by atoms with Crippen molar-refractivity contribution in [2.45, 2.75) is 78.4 Å². The van der Waals surface area contributed by atoms with Crippen LogP contribution in [0, 0.1) is 17.8 Å². The van der Waals surface area contributed by atoms with Gasteiger partial charge in [-0.3, -0.25) is 4.90 Å². The highest BCUT2D eigenvalue weighted by Gasteiger charge is 2.39. The van der Waals surface area contributed by atoms with Crippen molar-refractivity contribution in [3.8, 4) is 0 Å². The zero-order chi connectivity index (χ0) is 14.2. The van der Waals surface area contributed by atoms with Crippen LogP contribution in [0.25, 0.3) is 0 Å². The molecule has 1 N–H and O–H groups in total. The Morgan fingerprint density at radius 3 is 2.37 bits per heavy atom. The molecule has 2 rings (SSSR count). The van der Waals surface area contributed by atoms with Crippen LogP contribution in [0.3, 0.4) is 0 Å². The number of rotatable bonds is 2. The number of hydrogen-bond acceptors (Lipinski definition) is 2. The summed E-state index contributed by atoms with van der Waals surface area (Å²) in [4.78, 5) is 2.85. The van der Waals surface area contributed by atoms with Crippen LogP contribution in [0.1, 0.15) is 60.8 Å². The molecule has 112 valence electrons. The highest BCUT2D eigenvalue weighted by molar-refractivity contribution is 4.97. The van der Waals surface area contributed by atoms with Gasteiger partial charge in [0.1, 0.15) is 0 Å². The fraction of sp³-hybridized carbons (Fsp3) is 1.00. The largest absolute Gasteiger partial charge is 0.309 e. The van der Waals surface area contributed by atoms with Crippen LogP contribution in [0.15, 0.2) is 0 Å². The van der Waals surface area contributed by atoms with Gasteiger partial charge < -0.3 is 5.32 Å². The van der Waals surface area contributed by atoms with Crippen LogP contribution in [0.4, 0.5) is 0 Å². The summed E-state index contributed by atoms with van der Waals surface area (Å²) in [6, 6.07) is 1.54. The van der Waals surface area contributed by atoms with Gasteiger partial charge in [-0.25, -0.2) is 0 Å². The summed E-state index contributed by atoms with van der Waals surface area (Å²) in [6.45, 7) is 16.7. The van der Waals surface area contributed by atoms with E-state index >= 15 is 0 Å². The van der Waals surface area contributed by atoms with Gasteiger partial charge in [-0.1, -0.05) is 27.7 Å². The van der Waals surface area contributed by atoms with Gasteiger partial charge in [-0.15, -0.1) is 0 Å². The molecular formula is C17H34N2. The third-order valence-corrected chi connectivity index (χ3v) is 5.60. The Labute approximate surface area is 120 Å². The molecule has 19 heavy (non-hydrogen) atoms. The molecule has 2 heteroatoms. The van der Waals surface area contributed by atoms with Crippen LogP contribution >= 0.6 is 0 Å². The standard InChI is InChI=1S/C17H34N2/c1-12(2)16-10-18-17(5,6)11-19(16)15-8-7-13(3)14(4)9-15/h12-16,18H,7-11H2,1-6H3. The fourth-order valence-corrected chi connectivity index (χ4v) is 3.97. The number of nitrogens with one attached hydrogen (secondary N) is 1. The molecule has 2 aliphatic rings. The van der Waals surface area contributed by atoms with E-state index in [1.54, 1.807) is 0 Å². The molecule has 0 spiro atoms. The van der Waals surface area contributed by atoms with Crippen LogP contribution < -0.4 is 5.32 Å². The van der Waals surface area contributed by atoms with E-state index in [0.29, 0.717) is 0 Å². The molecule has 0 radical (unpaired) electrons. The third kappa shape index (κ3) is 3.52. The Kier molecular flexibility index (Phi) is 4.62. The predicted molar refractivity (Wildman–Crippen MR) is 83.4 cm³/mol. The summed E-state index contributed by atoms with van der Waals surface area (Å²) in [5, 5.41) is 3.74. The lowest BCUT2D eigenvalue weighted by atomic mass is 9.77. The molecule has 0 aromatic rings. The van der Waals surface area contributed by atoms with E-state index in [2.05, 4.69) is 51.8 Å². The van der Waals surface area contributed by atoms with Gasteiger partial charge in [0.2, 0.25) is 0 Å². The zero-order valence-corrected chi connectivity index (χ0v) is 13.9. The summed E-state index contributed by atoms with van der Waals surface area (Å²) in [5.41, 5.74) is 0.275. The zero-order valence-electron chi connectivity index (χ0n) is 13.9. The number of nitrogens with zero attached hydrogens (tertiary/aromatic N) is 1. The van der Waals surface area contributed by atoms with Crippen molar-refractivity contribution in [2.24, 2.45) is 17.8 Å². The first kappa shape index (κ1) is 15.3. The lowest BCUT2D eigenvalue weighted by molar-refractivity contribution is 0.00293. The van der Waals surface area contributed by atoms with Crippen LogP contribution in [-0.4, -0.2) is 35.6 Å². The fourth-order valence-electron chi connectivity index (χ4n) is 3.97. The van der Waals surface area contributed by atoms with Gasteiger partial charge in [-0.05, 0) is 50.9 Å². The molecule has 1 saturated heterocycles. The first-order valence-electron chi connectivity index (χ1n) is 8.31. The van der Waals surface area contributed by atoms with Gasteiger partial charge in [-0.2, -0.15) is 0 Å². The first-order chi connectivity index (χ1) is 8.80. The molecule has 2 nitrogen and oxygen atoms in total. The van der Waals surface area contributed by atoms with Crippen molar-refractivity contribution in [2.75, 3.05) is 13.1 Å². The normalized spacial score (nSPS) is 40.6. The second kappa shape index (κ2) is 5.73. The second-order valence-electron chi connectivity index (χ2n) is 8.17. The average Bonchev–Trinajstić information content (AvgIpc) is 2.31. The number of hydrogen-bond donors (Lipinski definition) is 1. The minimum Gasteiger partial charge on any atom is -0.309 e.